The van der Waals surface area contributed by atoms with Crippen molar-refractivity contribution >= 4 is 52.3 Å². The average molecular weight is 511 g/mol. The molecule has 11 heteroatoms. The summed E-state index contributed by atoms with van der Waals surface area (Å²) in [5, 5.41) is 20.0. The summed E-state index contributed by atoms with van der Waals surface area (Å²) >= 11 is 0. The number of imide groups is 1. The Bertz CT molecular complexity index is 1560. The molecule has 0 bridgehead atoms. The van der Waals surface area contributed by atoms with Gasteiger partial charge in [-0.05, 0) is 41.0 Å². The Morgan fingerprint density at radius 1 is 1.03 bits per heavy atom. The van der Waals surface area contributed by atoms with Crippen LogP contribution in [0.15, 0.2) is 72.4 Å². The third kappa shape index (κ3) is 4.49. The average Bonchev–Trinajstić information content (AvgIpc) is 3.37. The maximum absolute atomic E-state index is 13.1. The van der Waals surface area contributed by atoms with Crippen molar-refractivity contribution in [2.45, 2.75) is 6.54 Å². The van der Waals surface area contributed by atoms with Gasteiger partial charge < -0.3 is 21.7 Å². The molecular formula is C27H22N6O5. The van der Waals surface area contributed by atoms with E-state index in [1.807, 2.05) is 24.3 Å². The second-order valence-corrected chi connectivity index (χ2v) is 8.69. The zero-order valence-corrected chi connectivity index (χ0v) is 20.1. The molecule has 5 N–H and O–H groups in total. The third-order valence-corrected chi connectivity index (χ3v) is 6.26. The van der Waals surface area contributed by atoms with Crippen LogP contribution in [-0.4, -0.2) is 34.7 Å². The second-order valence-electron chi connectivity index (χ2n) is 8.69. The van der Waals surface area contributed by atoms with Gasteiger partial charge in [-0.15, -0.1) is 0 Å². The highest BCUT2D eigenvalue weighted by atomic mass is 16.6. The Hall–Kier alpha value is -5.29. The number of nitro groups is 1. The van der Waals surface area contributed by atoms with Crippen molar-refractivity contribution in [3.8, 4) is 0 Å². The fraction of sp³-hybridized carbons (Fsp3) is 0.0741. The van der Waals surface area contributed by atoms with E-state index in [4.69, 9.17) is 5.73 Å². The van der Waals surface area contributed by atoms with Crippen LogP contribution < -0.4 is 21.7 Å². The predicted molar refractivity (Wildman–Crippen MR) is 142 cm³/mol. The van der Waals surface area contributed by atoms with Crippen molar-refractivity contribution < 1.29 is 19.3 Å². The minimum absolute atomic E-state index is 0.132. The summed E-state index contributed by atoms with van der Waals surface area (Å²) < 4.78 is 0. The van der Waals surface area contributed by atoms with E-state index >= 15 is 0 Å². The van der Waals surface area contributed by atoms with Crippen molar-refractivity contribution in [2.75, 3.05) is 17.7 Å². The first-order valence-corrected chi connectivity index (χ1v) is 11.6. The lowest BCUT2D eigenvalue weighted by Gasteiger charge is -2.15. The molecule has 3 aromatic carbocycles. The molecule has 0 aliphatic carbocycles. The standard InChI is InChI=1S/C27H22N6O5/c1-32-26(35)22(31-27(32)36)12-15-4-8-18(9-5-15)29-24(17-6-2-16(14-28)3-7-17)23-20-13-19(33(37)38)10-11-21(20)30-25(23)34/h2-13,29H,14,28H2,1H3,(H,30,34)(H,31,36)/b22-12-,24-23-. The monoisotopic (exact) mass is 510 g/mol. The fourth-order valence-electron chi connectivity index (χ4n) is 4.20. The highest BCUT2D eigenvalue weighted by Crippen LogP contribution is 2.39. The molecule has 3 aromatic rings. The van der Waals surface area contributed by atoms with Gasteiger partial charge in [0.25, 0.3) is 17.5 Å². The van der Waals surface area contributed by atoms with Gasteiger partial charge in [-0.2, -0.15) is 0 Å². The van der Waals surface area contributed by atoms with Crippen LogP contribution in [0.25, 0.3) is 17.3 Å². The Kier molecular flexibility index (Phi) is 6.19. The number of fused-ring (bicyclic) bond motifs is 1. The van der Waals surface area contributed by atoms with E-state index in [1.165, 1.54) is 25.2 Å². The molecule has 0 radical (unpaired) electrons. The minimum atomic E-state index is -0.508. The van der Waals surface area contributed by atoms with E-state index in [9.17, 15) is 24.5 Å². The van der Waals surface area contributed by atoms with Gasteiger partial charge in [0.05, 0.1) is 16.2 Å². The maximum atomic E-state index is 13.1. The molecule has 5 rings (SSSR count). The highest BCUT2D eigenvalue weighted by Gasteiger charge is 2.31. The smallest absolute Gasteiger partial charge is 0.328 e. The first-order chi connectivity index (χ1) is 18.2. The van der Waals surface area contributed by atoms with E-state index in [0.717, 1.165) is 10.5 Å². The molecule has 2 aliphatic heterocycles. The molecule has 0 spiro atoms. The number of urea groups is 1. The number of non-ortho nitro benzene ring substituents is 1. The summed E-state index contributed by atoms with van der Waals surface area (Å²) in [5.41, 5.74) is 10.3. The summed E-state index contributed by atoms with van der Waals surface area (Å²) in [4.78, 5) is 48.8. The third-order valence-electron chi connectivity index (χ3n) is 6.26. The molecule has 1 saturated heterocycles. The maximum Gasteiger partial charge on any atom is 0.328 e. The number of nitrogens with one attached hydrogen (secondary N) is 3. The van der Waals surface area contributed by atoms with Gasteiger partial charge >= 0.3 is 6.03 Å². The molecule has 1 fully saturated rings. The molecule has 11 nitrogen and oxygen atoms in total. The number of nitro benzene ring substituents is 1. The zero-order valence-electron chi connectivity index (χ0n) is 20.1. The number of hydrogen-bond acceptors (Lipinski definition) is 7. The Morgan fingerprint density at radius 2 is 1.74 bits per heavy atom. The largest absolute Gasteiger partial charge is 0.354 e. The summed E-state index contributed by atoms with van der Waals surface area (Å²) in [6.07, 6.45) is 1.57. The number of amides is 4. The van der Waals surface area contributed by atoms with Crippen LogP contribution in [0.3, 0.4) is 0 Å². The van der Waals surface area contributed by atoms with Gasteiger partial charge in [0.1, 0.15) is 5.70 Å². The van der Waals surface area contributed by atoms with Gasteiger partial charge in [0, 0.05) is 42.7 Å². The number of rotatable bonds is 6. The van der Waals surface area contributed by atoms with E-state index in [0.29, 0.717) is 40.3 Å². The van der Waals surface area contributed by atoms with Crippen molar-refractivity contribution in [1.82, 2.24) is 10.2 Å². The number of benzene rings is 3. The lowest BCUT2D eigenvalue weighted by Crippen LogP contribution is -2.25. The van der Waals surface area contributed by atoms with Gasteiger partial charge in [-0.1, -0.05) is 36.4 Å². The van der Waals surface area contributed by atoms with Crippen LogP contribution in [0.1, 0.15) is 22.3 Å². The molecule has 190 valence electrons. The van der Waals surface area contributed by atoms with Crippen LogP contribution in [-0.2, 0) is 16.1 Å². The molecule has 0 aromatic heterocycles. The highest BCUT2D eigenvalue weighted by molar-refractivity contribution is 6.37. The summed E-state index contributed by atoms with van der Waals surface area (Å²) in [5.74, 6) is -0.822. The number of carbonyl (C=O) groups is 3. The summed E-state index contributed by atoms with van der Waals surface area (Å²) in [6.45, 7) is 0.352. The molecule has 0 unspecified atom stereocenters. The van der Waals surface area contributed by atoms with Crippen molar-refractivity contribution in [3.63, 3.8) is 0 Å². The number of nitrogens with zero attached hydrogens (tertiary/aromatic N) is 2. The summed E-state index contributed by atoms with van der Waals surface area (Å²) in [7, 11) is 1.40. The summed E-state index contributed by atoms with van der Waals surface area (Å²) in [6, 6.07) is 18.1. The van der Waals surface area contributed by atoms with Crippen LogP contribution in [0.4, 0.5) is 21.9 Å². The van der Waals surface area contributed by atoms with Crippen molar-refractivity contribution in [2.24, 2.45) is 5.73 Å². The lowest BCUT2D eigenvalue weighted by atomic mass is 9.98. The van der Waals surface area contributed by atoms with Gasteiger partial charge in [-0.25, -0.2) is 4.79 Å². The molecular weight excluding hydrogens is 488 g/mol. The quantitative estimate of drug-likeness (QED) is 0.171. The molecule has 0 saturated carbocycles. The molecule has 2 heterocycles. The Labute approximate surface area is 216 Å². The molecule has 0 atom stereocenters. The fourth-order valence-corrected chi connectivity index (χ4v) is 4.20. The van der Waals surface area contributed by atoms with Crippen LogP contribution >= 0.6 is 0 Å². The first kappa shape index (κ1) is 24.4. The topological polar surface area (TPSA) is 160 Å². The van der Waals surface area contributed by atoms with Crippen molar-refractivity contribution in [1.29, 1.82) is 0 Å². The molecule has 2 aliphatic rings. The van der Waals surface area contributed by atoms with Crippen LogP contribution in [0, 0.1) is 10.1 Å². The molecule has 4 amide bonds. The Morgan fingerprint density at radius 3 is 2.34 bits per heavy atom. The van der Waals surface area contributed by atoms with Crippen LogP contribution in [0.5, 0.6) is 0 Å². The minimum Gasteiger partial charge on any atom is -0.354 e. The number of anilines is 2. The predicted octanol–water partition coefficient (Wildman–Crippen LogP) is 3.51. The van der Waals surface area contributed by atoms with E-state index in [-0.39, 0.29) is 17.0 Å². The number of nitrogens with two attached hydrogens (primary N) is 1. The second kappa shape index (κ2) is 9.64. The van der Waals surface area contributed by atoms with E-state index in [2.05, 4.69) is 16.0 Å². The normalized spacial score (nSPS) is 16.8. The van der Waals surface area contributed by atoms with Crippen molar-refractivity contribution in [3.05, 3.63) is 105 Å². The SMILES string of the molecule is CN1C(=O)N/C(=C\c2ccc(N/C(=C3\C(=O)Nc4ccc([N+](=O)[O-])cc43)c3ccc(CN)cc3)cc2)C1=O. The van der Waals surface area contributed by atoms with Gasteiger partial charge in [0.2, 0.25) is 0 Å². The lowest BCUT2D eigenvalue weighted by molar-refractivity contribution is -0.384. The van der Waals surface area contributed by atoms with Gasteiger partial charge in [-0.3, -0.25) is 24.6 Å². The van der Waals surface area contributed by atoms with E-state index in [1.54, 1.807) is 30.3 Å². The van der Waals surface area contributed by atoms with E-state index < -0.39 is 22.8 Å². The first-order valence-electron chi connectivity index (χ1n) is 11.6. The van der Waals surface area contributed by atoms with Crippen LogP contribution in [0.2, 0.25) is 0 Å². The van der Waals surface area contributed by atoms with Gasteiger partial charge in [0.15, 0.2) is 0 Å². The zero-order chi connectivity index (χ0) is 27.0. The number of likely N-dealkylation sites (N-methyl/N-ethyl adjacent to an activating group) is 1. The molecule has 38 heavy (non-hydrogen) atoms. The number of carbonyl (C=O) groups excluding carboxylic acids is 3. The Balaban J connectivity index is 1.55. The number of hydrogen-bond donors (Lipinski definition) is 4.